The molecule has 2 aromatic rings. The Bertz CT molecular complexity index is 929. The van der Waals surface area contributed by atoms with Gasteiger partial charge >= 0.3 is 5.97 Å². The first-order valence-electron chi connectivity index (χ1n) is 7.90. The molecule has 0 saturated carbocycles. The van der Waals surface area contributed by atoms with Gasteiger partial charge in [0, 0.05) is 6.54 Å². The number of carbonyl (C=O) groups is 1. The number of methoxy groups -OCH3 is 3. The van der Waals surface area contributed by atoms with Crippen LogP contribution in [0.2, 0.25) is 5.02 Å². The summed E-state index contributed by atoms with van der Waals surface area (Å²) in [7, 11) is 0.457. The normalized spacial score (nSPS) is 11.1. The van der Waals surface area contributed by atoms with Crippen molar-refractivity contribution < 1.29 is 27.4 Å². The number of nitrogens with one attached hydrogen (secondary N) is 1. The van der Waals surface area contributed by atoms with E-state index in [0.717, 1.165) is 5.56 Å². The lowest BCUT2D eigenvalue weighted by molar-refractivity contribution is 0.0600. The number of carbonyl (C=O) groups excluding carboxylic acids is 1. The van der Waals surface area contributed by atoms with Crippen LogP contribution in [0.3, 0.4) is 0 Å². The summed E-state index contributed by atoms with van der Waals surface area (Å²) in [6, 6.07) is 9.22. The Morgan fingerprint density at radius 2 is 1.74 bits per heavy atom. The van der Waals surface area contributed by atoms with E-state index in [4.69, 9.17) is 21.1 Å². The highest BCUT2D eigenvalue weighted by Crippen LogP contribution is 2.27. The third-order valence-electron chi connectivity index (χ3n) is 3.81. The van der Waals surface area contributed by atoms with Gasteiger partial charge in [0.05, 0.1) is 36.8 Å². The molecule has 2 rings (SSSR count). The summed E-state index contributed by atoms with van der Waals surface area (Å²) >= 11 is 5.92. The van der Waals surface area contributed by atoms with Crippen molar-refractivity contribution in [1.29, 1.82) is 0 Å². The summed E-state index contributed by atoms with van der Waals surface area (Å²) in [6.45, 7) is 0.161. The predicted molar refractivity (Wildman–Crippen MR) is 101 cm³/mol. The fourth-order valence-corrected chi connectivity index (χ4v) is 3.64. The Hall–Kier alpha value is -2.29. The number of benzene rings is 2. The average molecular weight is 414 g/mol. The number of hydrogen-bond acceptors (Lipinski definition) is 6. The molecule has 0 saturated heterocycles. The first-order chi connectivity index (χ1) is 12.8. The first kappa shape index (κ1) is 21.0. The van der Waals surface area contributed by atoms with Crippen molar-refractivity contribution in [2.45, 2.75) is 11.3 Å². The van der Waals surface area contributed by atoms with Crippen molar-refractivity contribution in [3.63, 3.8) is 0 Å². The van der Waals surface area contributed by atoms with Crippen LogP contribution in [0.25, 0.3) is 0 Å². The number of rotatable bonds is 8. The van der Waals surface area contributed by atoms with E-state index in [1.54, 1.807) is 19.2 Å². The maximum atomic E-state index is 12.5. The van der Waals surface area contributed by atoms with Gasteiger partial charge in [0.1, 0.15) is 0 Å². The summed E-state index contributed by atoms with van der Waals surface area (Å²) in [5.74, 6) is 0.457. The SMILES string of the molecule is COC(=O)c1cc(S(=O)(=O)NCCc2ccc(OC)c(OC)c2)ccc1Cl. The molecule has 7 nitrogen and oxygen atoms in total. The van der Waals surface area contributed by atoms with Gasteiger partial charge < -0.3 is 14.2 Å². The highest BCUT2D eigenvalue weighted by molar-refractivity contribution is 7.89. The zero-order valence-electron chi connectivity index (χ0n) is 15.1. The minimum Gasteiger partial charge on any atom is -0.493 e. The summed E-state index contributed by atoms with van der Waals surface area (Å²) in [5.41, 5.74) is 0.864. The molecule has 0 atom stereocenters. The molecule has 9 heteroatoms. The van der Waals surface area contributed by atoms with Crippen molar-refractivity contribution in [2.75, 3.05) is 27.9 Å². The zero-order valence-corrected chi connectivity index (χ0v) is 16.7. The van der Waals surface area contributed by atoms with Crippen LogP contribution in [0.15, 0.2) is 41.3 Å². The molecule has 0 fully saturated rings. The third kappa shape index (κ3) is 5.12. The van der Waals surface area contributed by atoms with Crippen LogP contribution in [0.5, 0.6) is 11.5 Å². The Kier molecular flexibility index (Phi) is 7.06. The third-order valence-corrected chi connectivity index (χ3v) is 5.60. The van der Waals surface area contributed by atoms with Gasteiger partial charge in [-0.3, -0.25) is 0 Å². The minimum atomic E-state index is -3.81. The Morgan fingerprint density at radius 3 is 2.37 bits per heavy atom. The molecule has 0 aliphatic carbocycles. The highest BCUT2D eigenvalue weighted by Gasteiger charge is 2.19. The molecule has 0 unspecified atom stereocenters. The molecule has 27 heavy (non-hydrogen) atoms. The lowest BCUT2D eigenvalue weighted by Gasteiger charge is -2.11. The average Bonchev–Trinajstić information content (AvgIpc) is 2.67. The van der Waals surface area contributed by atoms with Crippen LogP contribution in [-0.4, -0.2) is 42.3 Å². The van der Waals surface area contributed by atoms with Gasteiger partial charge in [-0.05, 0) is 42.3 Å². The number of esters is 1. The molecule has 2 aromatic carbocycles. The van der Waals surface area contributed by atoms with Gasteiger partial charge in [0.25, 0.3) is 0 Å². The van der Waals surface area contributed by atoms with Crippen LogP contribution >= 0.6 is 11.6 Å². The molecule has 0 aromatic heterocycles. The van der Waals surface area contributed by atoms with E-state index in [1.807, 2.05) is 6.07 Å². The second-order valence-electron chi connectivity index (χ2n) is 5.47. The van der Waals surface area contributed by atoms with Crippen LogP contribution in [0.4, 0.5) is 0 Å². The van der Waals surface area contributed by atoms with Crippen LogP contribution in [0, 0.1) is 0 Å². The van der Waals surface area contributed by atoms with E-state index < -0.39 is 16.0 Å². The van der Waals surface area contributed by atoms with E-state index in [1.165, 1.54) is 32.4 Å². The van der Waals surface area contributed by atoms with E-state index in [2.05, 4.69) is 9.46 Å². The quantitative estimate of drug-likeness (QED) is 0.669. The lowest BCUT2D eigenvalue weighted by atomic mass is 10.1. The summed E-state index contributed by atoms with van der Waals surface area (Å²) < 4.78 is 42.4. The lowest BCUT2D eigenvalue weighted by Crippen LogP contribution is -2.26. The van der Waals surface area contributed by atoms with Crippen molar-refractivity contribution in [1.82, 2.24) is 4.72 Å². The Morgan fingerprint density at radius 1 is 1.04 bits per heavy atom. The molecule has 0 aliphatic rings. The fraction of sp³-hybridized carbons (Fsp3) is 0.278. The molecule has 146 valence electrons. The van der Waals surface area contributed by atoms with Crippen molar-refractivity contribution in [3.8, 4) is 11.5 Å². The smallest absolute Gasteiger partial charge is 0.339 e. The molecule has 0 amide bonds. The van der Waals surface area contributed by atoms with Crippen LogP contribution in [-0.2, 0) is 21.2 Å². The second-order valence-corrected chi connectivity index (χ2v) is 7.64. The number of sulfonamides is 1. The minimum absolute atomic E-state index is 0.0121. The summed E-state index contributed by atoms with van der Waals surface area (Å²) in [6.07, 6.45) is 0.442. The first-order valence-corrected chi connectivity index (χ1v) is 9.77. The van der Waals surface area contributed by atoms with Gasteiger partial charge in [-0.1, -0.05) is 17.7 Å². The van der Waals surface area contributed by atoms with Gasteiger partial charge in [0.2, 0.25) is 10.0 Å². The maximum absolute atomic E-state index is 12.5. The van der Waals surface area contributed by atoms with Crippen molar-refractivity contribution >= 4 is 27.6 Å². The topological polar surface area (TPSA) is 90.9 Å². The van der Waals surface area contributed by atoms with E-state index in [9.17, 15) is 13.2 Å². The molecule has 1 N–H and O–H groups in total. The highest BCUT2D eigenvalue weighted by atomic mass is 35.5. The molecular formula is C18H20ClNO6S. The second kappa shape index (κ2) is 9.07. The fourth-order valence-electron chi connectivity index (χ4n) is 2.39. The monoisotopic (exact) mass is 413 g/mol. The molecular weight excluding hydrogens is 394 g/mol. The number of halogens is 1. The van der Waals surface area contributed by atoms with Gasteiger partial charge in [0.15, 0.2) is 11.5 Å². The molecule has 0 bridgehead atoms. The summed E-state index contributed by atoms with van der Waals surface area (Å²) in [5, 5.41) is 0.117. The van der Waals surface area contributed by atoms with Gasteiger partial charge in [-0.15, -0.1) is 0 Å². The largest absolute Gasteiger partial charge is 0.493 e. The van der Waals surface area contributed by atoms with Crippen molar-refractivity contribution in [2.24, 2.45) is 0 Å². The standard InChI is InChI=1S/C18H20ClNO6S/c1-24-16-7-4-12(10-17(16)25-2)8-9-20-27(22,23)13-5-6-15(19)14(11-13)18(21)26-3/h4-7,10-11,20H,8-9H2,1-3H3. The van der Waals surface area contributed by atoms with Crippen LogP contribution < -0.4 is 14.2 Å². The molecule has 0 spiro atoms. The summed E-state index contributed by atoms with van der Waals surface area (Å²) in [4.78, 5) is 11.6. The van der Waals surface area contributed by atoms with Crippen molar-refractivity contribution in [3.05, 3.63) is 52.5 Å². The van der Waals surface area contributed by atoms with E-state index in [0.29, 0.717) is 17.9 Å². The zero-order chi connectivity index (χ0) is 20.0. The maximum Gasteiger partial charge on any atom is 0.339 e. The predicted octanol–water partition coefficient (Wildman–Crippen LogP) is 2.66. The Balaban J connectivity index is 2.10. The molecule has 0 aliphatic heterocycles. The van der Waals surface area contributed by atoms with Crippen LogP contribution in [0.1, 0.15) is 15.9 Å². The van der Waals surface area contributed by atoms with Gasteiger partial charge in [-0.2, -0.15) is 0 Å². The molecule has 0 radical (unpaired) electrons. The number of hydrogen-bond donors (Lipinski definition) is 1. The molecule has 0 heterocycles. The van der Waals surface area contributed by atoms with E-state index in [-0.39, 0.29) is 22.0 Å². The number of ether oxygens (including phenoxy) is 3. The van der Waals surface area contributed by atoms with E-state index >= 15 is 0 Å². The van der Waals surface area contributed by atoms with Gasteiger partial charge in [-0.25, -0.2) is 17.9 Å². The Labute approximate surface area is 163 Å².